The van der Waals surface area contributed by atoms with Crippen molar-refractivity contribution in [1.29, 1.82) is 0 Å². The third-order valence-corrected chi connectivity index (χ3v) is 1.84. The number of ether oxygens (including phenoxy) is 1. The summed E-state index contributed by atoms with van der Waals surface area (Å²) < 4.78 is 5.71. The van der Waals surface area contributed by atoms with Gasteiger partial charge in [-0.2, -0.15) is 0 Å². The fourth-order valence-electron chi connectivity index (χ4n) is 0.599. The molecule has 0 aliphatic carbocycles. The molecule has 0 aromatic carbocycles. The molecule has 1 heterocycles. The van der Waals surface area contributed by atoms with Gasteiger partial charge in [0.2, 0.25) is 0 Å². The van der Waals surface area contributed by atoms with Crippen LogP contribution in [0.5, 0.6) is 0 Å². The maximum Gasteiger partial charge on any atom is 0.425 e. The van der Waals surface area contributed by atoms with Crippen molar-refractivity contribution in [3.05, 3.63) is 0 Å². The lowest BCUT2D eigenvalue weighted by Gasteiger charge is -2.19. The van der Waals surface area contributed by atoms with Gasteiger partial charge in [0.25, 0.3) is 0 Å². The summed E-state index contributed by atoms with van der Waals surface area (Å²) in [5.41, 5.74) is -0.349. The maximum absolute atomic E-state index is 10.6. The summed E-state index contributed by atoms with van der Waals surface area (Å²) >= 11 is 5.51. The van der Waals surface area contributed by atoms with Gasteiger partial charge in [-0.05, 0) is 13.8 Å². The Kier molecular flexibility index (Phi) is 3.66. The molecule has 1 aliphatic rings. The summed E-state index contributed by atoms with van der Waals surface area (Å²) in [4.78, 5) is 10.6. The predicted molar refractivity (Wildman–Crippen MR) is 44.5 cm³/mol. The first-order valence-electron chi connectivity index (χ1n) is 3.67. The molecule has 3 nitrogen and oxygen atoms in total. The smallest absolute Gasteiger partial charge is 0.425 e. The van der Waals surface area contributed by atoms with Crippen LogP contribution in [0.15, 0.2) is 0 Å². The molecule has 1 saturated heterocycles. The van der Waals surface area contributed by atoms with Crippen molar-refractivity contribution in [2.45, 2.75) is 33.2 Å². The molecule has 0 bridgehead atoms. The Labute approximate surface area is 72.4 Å². The second-order valence-corrected chi connectivity index (χ2v) is 2.99. The van der Waals surface area contributed by atoms with Crippen molar-refractivity contribution >= 4 is 17.9 Å². The molecule has 0 aromatic rings. The summed E-state index contributed by atoms with van der Waals surface area (Å²) in [6.07, 6.45) is -0.457. The van der Waals surface area contributed by atoms with Gasteiger partial charge in [-0.3, -0.25) is 0 Å². The lowest BCUT2D eigenvalue weighted by molar-refractivity contribution is 0.170. The Morgan fingerprint density at radius 1 is 1.55 bits per heavy atom. The van der Waals surface area contributed by atoms with E-state index in [0.717, 1.165) is 4.42 Å². The van der Waals surface area contributed by atoms with Gasteiger partial charge in [-0.25, -0.2) is 9.21 Å². The number of nitrogens with zero attached hydrogens (tertiary/aromatic N) is 1. The van der Waals surface area contributed by atoms with Crippen LogP contribution in [0.4, 0.5) is 4.79 Å². The highest BCUT2D eigenvalue weighted by atomic mass is 35.5. The van der Waals surface area contributed by atoms with Crippen LogP contribution >= 0.6 is 11.8 Å². The van der Waals surface area contributed by atoms with Crippen molar-refractivity contribution in [2.75, 3.05) is 6.61 Å². The van der Waals surface area contributed by atoms with Crippen LogP contribution in [-0.2, 0) is 4.74 Å². The molecule has 0 atom stereocenters. The zero-order chi connectivity index (χ0) is 9.07. The van der Waals surface area contributed by atoms with Crippen LogP contribution in [0.25, 0.3) is 0 Å². The number of cyclic esters (lactones) is 1. The molecule has 0 unspecified atom stereocenters. The van der Waals surface area contributed by atoms with Crippen LogP contribution in [0.1, 0.15) is 27.7 Å². The number of hydrogen-bond donors (Lipinski definition) is 0. The van der Waals surface area contributed by atoms with Gasteiger partial charge in [0, 0.05) is 11.8 Å². The van der Waals surface area contributed by atoms with E-state index in [-0.39, 0.29) is 5.54 Å². The van der Waals surface area contributed by atoms with Crippen molar-refractivity contribution in [2.24, 2.45) is 0 Å². The number of carbonyl (C=O) groups is 1. The van der Waals surface area contributed by atoms with E-state index in [1.54, 1.807) is 0 Å². The highest BCUT2D eigenvalue weighted by Crippen LogP contribution is 2.24. The van der Waals surface area contributed by atoms with Crippen molar-refractivity contribution in [3.8, 4) is 0 Å². The Morgan fingerprint density at radius 3 is 2.09 bits per heavy atom. The Morgan fingerprint density at radius 2 is 2.00 bits per heavy atom. The van der Waals surface area contributed by atoms with Crippen LogP contribution in [-0.4, -0.2) is 22.7 Å². The molecule has 66 valence electrons. The van der Waals surface area contributed by atoms with E-state index in [1.165, 1.54) is 0 Å². The summed E-state index contributed by atoms with van der Waals surface area (Å²) in [7, 11) is 0. The summed E-state index contributed by atoms with van der Waals surface area (Å²) in [6.45, 7) is 8.05. The Hall–Kier alpha value is -0.440. The minimum absolute atomic E-state index is 0.349. The molecule has 0 aromatic heterocycles. The molecular formula is C7H14ClNO2. The SMILES string of the molecule is CC.CC1(C)COC(=O)N1Cl. The van der Waals surface area contributed by atoms with Gasteiger partial charge < -0.3 is 4.74 Å². The molecule has 0 N–H and O–H groups in total. The quantitative estimate of drug-likeness (QED) is 0.535. The molecule has 0 spiro atoms. The van der Waals surface area contributed by atoms with E-state index in [4.69, 9.17) is 11.8 Å². The van der Waals surface area contributed by atoms with Gasteiger partial charge in [-0.15, -0.1) is 0 Å². The van der Waals surface area contributed by atoms with Crippen molar-refractivity contribution < 1.29 is 9.53 Å². The van der Waals surface area contributed by atoms with E-state index in [1.807, 2.05) is 27.7 Å². The van der Waals surface area contributed by atoms with Gasteiger partial charge in [0.05, 0.1) is 5.54 Å². The van der Waals surface area contributed by atoms with E-state index >= 15 is 0 Å². The summed E-state index contributed by atoms with van der Waals surface area (Å²) in [6, 6.07) is 0. The fourth-order valence-corrected chi connectivity index (χ4v) is 0.696. The topological polar surface area (TPSA) is 29.5 Å². The van der Waals surface area contributed by atoms with E-state index in [2.05, 4.69) is 4.74 Å². The molecule has 11 heavy (non-hydrogen) atoms. The average Bonchev–Trinajstić information content (AvgIpc) is 2.21. The zero-order valence-corrected chi connectivity index (χ0v) is 8.10. The Bertz CT molecular complexity index is 147. The molecule has 4 heteroatoms. The van der Waals surface area contributed by atoms with E-state index in [9.17, 15) is 4.79 Å². The third kappa shape index (κ3) is 2.26. The first-order chi connectivity index (χ1) is 5.04. The van der Waals surface area contributed by atoms with Gasteiger partial charge in [-0.1, -0.05) is 13.8 Å². The van der Waals surface area contributed by atoms with Gasteiger partial charge in [0.1, 0.15) is 6.61 Å². The van der Waals surface area contributed by atoms with Gasteiger partial charge in [0.15, 0.2) is 0 Å². The minimum atomic E-state index is -0.457. The number of carbonyl (C=O) groups excluding carboxylic acids is 1. The number of hydrogen-bond acceptors (Lipinski definition) is 2. The lowest BCUT2D eigenvalue weighted by atomic mass is 10.1. The van der Waals surface area contributed by atoms with Crippen LogP contribution in [0.3, 0.4) is 0 Å². The molecule has 1 rings (SSSR count). The highest BCUT2D eigenvalue weighted by Gasteiger charge is 2.38. The second kappa shape index (κ2) is 3.81. The predicted octanol–water partition coefficient (Wildman–Crippen LogP) is 2.40. The van der Waals surface area contributed by atoms with E-state index < -0.39 is 6.09 Å². The number of rotatable bonds is 0. The van der Waals surface area contributed by atoms with Crippen LogP contribution in [0, 0.1) is 0 Å². The lowest BCUT2D eigenvalue weighted by Crippen LogP contribution is -2.34. The van der Waals surface area contributed by atoms with Crippen LogP contribution in [0.2, 0.25) is 0 Å². The first-order valence-corrected chi connectivity index (χ1v) is 4.00. The second-order valence-electron chi connectivity index (χ2n) is 2.65. The maximum atomic E-state index is 10.6. The number of amides is 1. The molecule has 1 fully saturated rings. The monoisotopic (exact) mass is 179 g/mol. The van der Waals surface area contributed by atoms with Crippen molar-refractivity contribution in [3.63, 3.8) is 0 Å². The Balaban J connectivity index is 0.000000461. The van der Waals surface area contributed by atoms with Crippen molar-refractivity contribution in [1.82, 2.24) is 4.42 Å². The molecule has 1 aliphatic heterocycles. The average molecular weight is 180 g/mol. The molecule has 0 saturated carbocycles. The molecule has 1 amide bonds. The summed E-state index contributed by atoms with van der Waals surface area (Å²) in [5, 5.41) is 0. The molecular weight excluding hydrogens is 166 g/mol. The number of halogens is 1. The fraction of sp³-hybridized carbons (Fsp3) is 0.857. The molecule has 0 radical (unpaired) electrons. The van der Waals surface area contributed by atoms with E-state index in [0.29, 0.717) is 6.61 Å². The highest BCUT2D eigenvalue weighted by molar-refractivity contribution is 6.21. The summed E-state index contributed by atoms with van der Waals surface area (Å²) in [5.74, 6) is 0. The van der Waals surface area contributed by atoms with Gasteiger partial charge >= 0.3 is 6.09 Å². The standard InChI is InChI=1S/C5H8ClNO2.C2H6/c1-5(2)3-9-4(8)7(5)6;1-2/h3H2,1-2H3;1-2H3. The minimum Gasteiger partial charge on any atom is -0.446 e. The zero-order valence-electron chi connectivity index (χ0n) is 7.35. The largest absolute Gasteiger partial charge is 0.446 e. The third-order valence-electron chi connectivity index (χ3n) is 1.24. The first kappa shape index (κ1) is 10.6. The van der Waals surface area contributed by atoms with Crippen LogP contribution < -0.4 is 0 Å². The normalized spacial score (nSPS) is 20.5.